The number of ether oxygens (including phenoxy) is 1. The number of fused-ring (bicyclic) bond motifs is 2. The molecule has 3 amide bonds. The van der Waals surface area contributed by atoms with E-state index in [1.165, 1.54) is 23.1 Å². The van der Waals surface area contributed by atoms with Gasteiger partial charge in [-0.15, -0.1) is 0 Å². The maximum atomic E-state index is 14.9. The second kappa shape index (κ2) is 9.09. The van der Waals surface area contributed by atoms with Gasteiger partial charge in [-0.2, -0.15) is 0 Å². The van der Waals surface area contributed by atoms with Crippen molar-refractivity contribution < 1.29 is 28.6 Å². The highest BCUT2D eigenvalue weighted by molar-refractivity contribution is 6.35. The van der Waals surface area contributed by atoms with E-state index in [4.69, 9.17) is 16.3 Å². The molecule has 1 aromatic carbocycles. The molecule has 2 aromatic rings. The van der Waals surface area contributed by atoms with Crippen molar-refractivity contribution in [3.8, 4) is 22.8 Å². The van der Waals surface area contributed by atoms with Gasteiger partial charge in [0.25, 0.3) is 5.91 Å². The molecule has 0 radical (unpaired) electrons. The number of aromatic nitrogens is 1. The van der Waals surface area contributed by atoms with Crippen LogP contribution in [-0.4, -0.2) is 75.9 Å². The van der Waals surface area contributed by atoms with Gasteiger partial charge >= 0.3 is 0 Å². The van der Waals surface area contributed by atoms with Crippen LogP contribution < -0.4 is 9.64 Å². The van der Waals surface area contributed by atoms with Gasteiger partial charge in [-0.05, 0) is 31.6 Å². The summed E-state index contributed by atoms with van der Waals surface area (Å²) in [5.41, 5.74) is -0.386. The smallest absolute Gasteiger partial charge is 0.261 e. The second-order valence-corrected chi connectivity index (χ2v) is 9.42. The number of hydrogen-bond acceptors (Lipinski definition) is 6. The largest absolute Gasteiger partial charge is 0.507 e. The number of halogens is 2. The van der Waals surface area contributed by atoms with Crippen LogP contribution in [0.4, 0.5) is 10.2 Å². The number of pyridine rings is 1. The molecule has 5 rings (SSSR count). The number of aromatic hydroxyl groups is 1. The Kier molecular flexibility index (Phi) is 6.07. The first-order chi connectivity index (χ1) is 17.2. The molecular weight excluding hydrogens is 491 g/mol. The lowest BCUT2D eigenvalue weighted by Gasteiger charge is -2.39. The van der Waals surface area contributed by atoms with Crippen LogP contribution in [0.3, 0.4) is 0 Å². The number of rotatable bonds is 3. The Balaban J connectivity index is 1.70. The van der Waals surface area contributed by atoms with Crippen LogP contribution in [0.5, 0.6) is 11.5 Å². The zero-order valence-electron chi connectivity index (χ0n) is 19.5. The molecule has 0 saturated carbocycles. The van der Waals surface area contributed by atoms with E-state index in [0.717, 1.165) is 6.07 Å². The van der Waals surface area contributed by atoms with Crippen LogP contribution >= 0.6 is 11.6 Å². The number of benzene rings is 1. The van der Waals surface area contributed by atoms with Crippen molar-refractivity contribution in [2.24, 2.45) is 0 Å². The van der Waals surface area contributed by atoms with Crippen LogP contribution in [0.1, 0.15) is 30.1 Å². The molecule has 3 aliphatic heterocycles. The predicted octanol–water partition coefficient (Wildman–Crippen LogP) is 2.99. The van der Waals surface area contributed by atoms with Crippen molar-refractivity contribution in [3.05, 3.63) is 47.3 Å². The summed E-state index contributed by atoms with van der Waals surface area (Å²) in [4.78, 5) is 48.0. The minimum Gasteiger partial charge on any atom is -0.507 e. The Labute approximate surface area is 211 Å². The normalized spacial score (nSPS) is 21.6. The van der Waals surface area contributed by atoms with Crippen LogP contribution in [-0.2, 0) is 9.59 Å². The zero-order chi connectivity index (χ0) is 25.7. The Bertz CT molecular complexity index is 1280. The van der Waals surface area contributed by atoms with Crippen molar-refractivity contribution in [2.75, 3.05) is 31.1 Å². The highest BCUT2D eigenvalue weighted by Crippen LogP contribution is 2.46. The molecule has 0 aliphatic carbocycles. The van der Waals surface area contributed by atoms with Gasteiger partial charge < -0.3 is 19.6 Å². The number of carbonyl (C=O) groups excluding carboxylic acids is 3. The molecule has 2 fully saturated rings. The summed E-state index contributed by atoms with van der Waals surface area (Å²) >= 11 is 6.68. The first-order valence-corrected chi connectivity index (χ1v) is 12.0. The molecular formula is C25H24ClFN4O5. The van der Waals surface area contributed by atoms with Gasteiger partial charge in [0.1, 0.15) is 34.5 Å². The van der Waals surface area contributed by atoms with Gasteiger partial charge in [0, 0.05) is 32.1 Å². The maximum Gasteiger partial charge on any atom is 0.261 e. The number of phenols is 1. The van der Waals surface area contributed by atoms with E-state index in [-0.39, 0.29) is 77.4 Å². The van der Waals surface area contributed by atoms with Gasteiger partial charge in [0.15, 0.2) is 11.6 Å². The minimum atomic E-state index is -0.771. The molecule has 2 saturated heterocycles. The molecule has 0 spiro atoms. The predicted molar refractivity (Wildman–Crippen MR) is 130 cm³/mol. The molecule has 1 N–H and O–H groups in total. The van der Waals surface area contributed by atoms with Gasteiger partial charge in [-0.25, -0.2) is 9.37 Å². The van der Waals surface area contributed by atoms with E-state index in [1.54, 1.807) is 9.80 Å². The van der Waals surface area contributed by atoms with E-state index in [9.17, 15) is 23.9 Å². The van der Waals surface area contributed by atoms with E-state index in [2.05, 4.69) is 11.6 Å². The molecule has 36 heavy (non-hydrogen) atoms. The van der Waals surface area contributed by atoms with Gasteiger partial charge in [0.05, 0.1) is 11.6 Å². The molecule has 2 atom stereocenters. The Morgan fingerprint density at radius 2 is 2.08 bits per heavy atom. The number of piperazine rings is 1. The molecule has 4 heterocycles. The fourth-order valence-electron chi connectivity index (χ4n) is 5.02. The highest BCUT2D eigenvalue weighted by Gasteiger charge is 2.43. The first-order valence-electron chi connectivity index (χ1n) is 11.6. The number of amides is 3. The number of anilines is 1. The van der Waals surface area contributed by atoms with E-state index in [0.29, 0.717) is 13.0 Å². The third-order valence-corrected chi connectivity index (χ3v) is 7.23. The SMILES string of the molecule is C=CC(=O)N1CCN2C(=O)c3c(N4C(=O)CCC4C)nc(-c4c(O)cccc4F)c(Cl)c3OC[C@H]2C1. The molecule has 3 aliphatic rings. The standard InChI is InChI=1S/C25H24ClFN4O5/c1-3-17(33)29-9-10-30-14(11-29)12-36-23-20(25(30)35)24(31-13(2)7-8-18(31)34)28-22(21(23)26)19-15(27)5-4-6-16(19)32/h3-6,13-14,32H,1,7-12H2,2H3/t13?,14-/m1/s1. The van der Waals surface area contributed by atoms with Crippen LogP contribution in [0.2, 0.25) is 5.02 Å². The average Bonchev–Trinajstić information content (AvgIpc) is 3.11. The summed E-state index contributed by atoms with van der Waals surface area (Å²) < 4.78 is 20.9. The van der Waals surface area contributed by atoms with Crippen molar-refractivity contribution in [3.63, 3.8) is 0 Å². The molecule has 0 bridgehead atoms. The van der Waals surface area contributed by atoms with Crippen molar-refractivity contribution in [1.82, 2.24) is 14.8 Å². The molecule has 1 unspecified atom stereocenters. The average molecular weight is 515 g/mol. The monoisotopic (exact) mass is 514 g/mol. The summed E-state index contributed by atoms with van der Waals surface area (Å²) in [5.74, 6) is -2.13. The summed E-state index contributed by atoms with van der Waals surface area (Å²) in [6.45, 7) is 6.13. The van der Waals surface area contributed by atoms with Crippen LogP contribution in [0.25, 0.3) is 11.3 Å². The Hall–Kier alpha value is -3.66. The summed E-state index contributed by atoms with van der Waals surface area (Å²) in [6.07, 6.45) is 2.04. The van der Waals surface area contributed by atoms with Gasteiger partial charge in [-0.1, -0.05) is 24.2 Å². The summed E-state index contributed by atoms with van der Waals surface area (Å²) in [5, 5.41) is 10.3. The fourth-order valence-corrected chi connectivity index (χ4v) is 5.30. The van der Waals surface area contributed by atoms with E-state index in [1.807, 2.05) is 6.92 Å². The maximum absolute atomic E-state index is 14.9. The van der Waals surface area contributed by atoms with E-state index >= 15 is 0 Å². The number of carbonyl (C=O) groups is 3. The van der Waals surface area contributed by atoms with Crippen molar-refractivity contribution in [1.29, 1.82) is 0 Å². The zero-order valence-corrected chi connectivity index (χ0v) is 20.3. The quantitative estimate of drug-likeness (QED) is 0.632. The second-order valence-electron chi connectivity index (χ2n) is 9.04. The number of nitrogens with zero attached hydrogens (tertiary/aromatic N) is 4. The lowest BCUT2D eigenvalue weighted by Crippen LogP contribution is -2.57. The van der Waals surface area contributed by atoms with Crippen molar-refractivity contribution in [2.45, 2.75) is 31.8 Å². The summed E-state index contributed by atoms with van der Waals surface area (Å²) in [6, 6.07) is 3.03. The van der Waals surface area contributed by atoms with Crippen LogP contribution in [0.15, 0.2) is 30.9 Å². The topological polar surface area (TPSA) is 103 Å². The van der Waals surface area contributed by atoms with Crippen molar-refractivity contribution >= 4 is 35.1 Å². The molecule has 1 aromatic heterocycles. The number of hydrogen-bond donors (Lipinski definition) is 1. The van der Waals surface area contributed by atoms with Gasteiger partial charge in [-0.3, -0.25) is 19.3 Å². The Morgan fingerprint density at radius 3 is 2.75 bits per heavy atom. The summed E-state index contributed by atoms with van der Waals surface area (Å²) in [7, 11) is 0. The third kappa shape index (κ3) is 3.76. The fraction of sp³-hybridized carbons (Fsp3) is 0.360. The Morgan fingerprint density at radius 1 is 1.31 bits per heavy atom. The molecule has 11 heteroatoms. The lowest BCUT2D eigenvalue weighted by atomic mass is 10.0. The lowest BCUT2D eigenvalue weighted by molar-refractivity contribution is -0.128. The van der Waals surface area contributed by atoms with E-state index < -0.39 is 23.5 Å². The van der Waals surface area contributed by atoms with Crippen LogP contribution in [0, 0.1) is 5.82 Å². The molecule has 188 valence electrons. The highest BCUT2D eigenvalue weighted by atomic mass is 35.5. The minimum absolute atomic E-state index is 0.00711. The molecule has 9 nitrogen and oxygen atoms in total. The number of phenolic OH excluding ortho intramolecular Hbond substituents is 1. The third-order valence-electron chi connectivity index (χ3n) is 6.88. The van der Waals surface area contributed by atoms with Gasteiger partial charge in [0.2, 0.25) is 11.8 Å². The first kappa shape index (κ1) is 24.1.